The van der Waals surface area contributed by atoms with Gasteiger partial charge in [0.2, 0.25) is 0 Å². The molecule has 0 aliphatic carbocycles. The first-order valence-corrected chi connectivity index (χ1v) is 6.48. The van der Waals surface area contributed by atoms with Crippen LogP contribution < -0.4 is 5.32 Å². The summed E-state index contributed by atoms with van der Waals surface area (Å²) in [6, 6.07) is 6.69. The number of nitrogens with zero attached hydrogens (tertiary/aromatic N) is 2. The van der Waals surface area contributed by atoms with E-state index < -0.39 is 5.82 Å². The average molecular weight is 296 g/mol. The van der Waals surface area contributed by atoms with Crippen molar-refractivity contribution in [3.63, 3.8) is 0 Å². The minimum Gasteiger partial charge on any atom is -0.378 e. The summed E-state index contributed by atoms with van der Waals surface area (Å²) in [6.07, 6.45) is 0.276. The molecular weight excluding hydrogens is 281 g/mol. The van der Waals surface area contributed by atoms with Crippen LogP contribution in [-0.2, 0) is 17.8 Å². The van der Waals surface area contributed by atoms with Crippen molar-refractivity contribution in [1.82, 2.24) is 9.97 Å². The largest absolute Gasteiger partial charge is 0.378 e. The average Bonchev–Trinajstić information content (AvgIpc) is 2.44. The zero-order valence-electron chi connectivity index (χ0n) is 11.3. The molecule has 106 valence electrons. The molecule has 2 aromatic rings. The molecule has 1 N–H and O–H groups in total. The van der Waals surface area contributed by atoms with Crippen LogP contribution in [0.25, 0.3) is 0 Å². The summed E-state index contributed by atoms with van der Waals surface area (Å²) in [7, 11) is 3.36. The molecule has 0 saturated carbocycles. The van der Waals surface area contributed by atoms with E-state index in [4.69, 9.17) is 16.3 Å². The summed E-state index contributed by atoms with van der Waals surface area (Å²) in [4.78, 5) is 8.66. The van der Waals surface area contributed by atoms with E-state index in [1.54, 1.807) is 32.4 Å². The van der Waals surface area contributed by atoms with Crippen LogP contribution in [-0.4, -0.2) is 24.1 Å². The van der Waals surface area contributed by atoms with Crippen molar-refractivity contribution in [2.24, 2.45) is 0 Å². The van der Waals surface area contributed by atoms with E-state index >= 15 is 0 Å². The van der Waals surface area contributed by atoms with Gasteiger partial charge in [0.25, 0.3) is 0 Å². The molecule has 0 bridgehead atoms. The molecule has 4 nitrogen and oxygen atoms in total. The maximum absolute atomic E-state index is 13.9. The van der Waals surface area contributed by atoms with Crippen molar-refractivity contribution >= 4 is 17.4 Å². The van der Waals surface area contributed by atoms with Gasteiger partial charge in [0.1, 0.15) is 17.5 Å². The molecule has 6 heteroatoms. The molecule has 0 aliphatic heterocycles. The molecular formula is C14H15ClFN3O. The van der Waals surface area contributed by atoms with Crippen LogP contribution in [0.4, 0.5) is 10.2 Å². The van der Waals surface area contributed by atoms with Gasteiger partial charge in [-0.15, -0.1) is 0 Å². The van der Waals surface area contributed by atoms with E-state index in [1.807, 2.05) is 0 Å². The van der Waals surface area contributed by atoms with E-state index in [0.29, 0.717) is 23.8 Å². The van der Waals surface area contributed by atoms with E-state index in [-0.39, 0.29) is 11.4 Å². The molecule has 20 heavy (non-hydrogen) atoms. The van der Waals surface area contributed by atoms with Crippen LogP contribution in [0, 0.1) is 5.82 Å². The molecule has 0 fully saturated rings. The molecule has 1 heterocycles. The molecule has 1 aromatic heterocycles. The van der Waals surface area contributed by atoms with Gasteiger partial charge >= 0.3 is 0 Å². The molecule has 0 unspecified atom stereocenters. The van der Waals surface area contributed by atoms with E-state index in [9.17, 15) is 4.39 Å². The quantitative estimate of drug-likeness (QED) is 0.921. The minimum atomic E-state index is -0.430. The first-order valence-electron chi connectivity index (χ1n) is 6.10. The Balaban J connectivity index is 2.32. The summed E-state index contributed by atoms with van der Waals surface area (Å²) < 4.78 is 19.0. The Hall–Kier alpha value is -1.72. The Labute approximate surface area is 122 Å². The summed E-state index contributed by atoms with van der Waals surface area (Å²) in [5, 5.41) is 3.05. The van der Waals surface area contributed by atoms with Crippen molar-refractivity contribution in [2.45, 2.75) is 13.0 Å². The lowest BCUT2D eigenvalue weighted by atomic mass is 10.1. The number of hydrogen-bond acceptors (Lipinski definition) is 4. The second-order valence-electron chi connectivity index (χ2n) is 4.23. The van der Waals surface area contributed by atoms with Crippen molar-refractivity contribution < 1.29 is 9.13 Å². The maximum atomic E-state index is 13.9. The highest BCUT2D eigenvalue weighted by atomic mass is 35.5. The molecule has 0 aliphatic rings. The number of anilines is 1. The summed E-state index contributed by atoms with van der Waals surface area (Å²) in [6.45, 7) is 0.377. The van der Waals surface area contributed by atoms with Gasteiger partial charge < -0.3 is 10.1 Å². The number of aromatic nitrogens is 2. The lowest BCUT2D eigenvalue weighted by Crippen LogP contribution is -2.06. The fraction of sp³-hybridized carbons (Fsp3) is 0.286. The zero-order chi connectivity index (χ0) is 14.5. The molecule has 0 saturated heterocycles. The number of ether oxygens (including phenoxy) is 1. The fourth-order valence-corrected chi connectivity index (χ4v) is 2.03. The SMILES string of the molecule is CNc1cc(COC)nc(Cc2cccc(Cl)c2F)n1. The fourth-order valence-electron chi connectivity index (χ4n) is 1.84. The summed E-state index contributed by atoms with van der Waals surface area (Å²) in [5.74, 6) is 0.760. The van der Waals surface area contributed by atoms with Crippen LogP contribution >= 0.6 is 11.6 Å². The lowest BCUT2D eigenvalue weighted by molar-refractivity contribution is 0.181. The van der Waals surface area contributed by atoms with Crippen molar-refractivity contribution in [3.8, 4) is 0 Å². The van der Waals surface area contributed by atoms with Crippen LogP contribution in [0.5, 0.6) is 0 Å². The highest BCUT2D eigenvalue weighted by Gasteiger charge is 2.10. The number of rotatable bonds is 5. The highest BCUT2D eigenvalue weighted by molar-refractivity contribution is 6.30. The minimum absolute atomic E-state index is 0.101. The number of nitrogens with one attached hydrogen (secondary N) is 1. The monoisotopic (exact) mass is 295 g/mol. The van der Waals surface area contributed by atoms with Crippen molar-refractivity contribution in [1.29, 1.82) is 0 Å². The topological polar surface area (TPSA) is 47.0 Å². The van der Waals surface area contributed by atoms with E-state index in [2.05, 4.69) is 15.3 Å². The van der Waals surface area contributed by atoms with Gasteiger partial charge in [-0.25, -0.2) is 14.4 Å². The smallest absolute Gasteiger partial charge is 0.145 e. The van der Waals surface area contributed by atoms with E-state index in [0.717, 1.165) is 5.69 Å². The Bertz CT molecular complexity index is 607. The van der Waals surface area contributed by atoms with Crippen LogP contribution in [0.1, 0.15) is 17.1 Å². The van der Waals surface area contributed by atoms with Crippen LogP contribution in [0.2, 0.25) is 5.02 Å². The molecule has 0 radical (unpaired) electrons. The number of methoxy groups -OCH3 is 1. The third-order valence-corrected chi connectivity index (χ3v) is 3.05. The maximum Gasteiger partial charge on any atom is 0.145 e. The predicted octanol–water partition coefficient (Wildman–Crippen LogP) is 3.05. The molecule has 1 aromatic carbocycles. The van der Waals surface area contributed by atoms with Crippen LogP contribution in [0.15, 0.2) is 24.3 Å². The summed E-state index contributed by atoms with van der Waals surface area (Å²) >= 11 is 5.77. The number of hydrogen-bond donors (Lipinski definition) is 1. The summed E-state index contributed by atoms with van der Waals surface area (Å²) in [5.41, 5.74) is 1.21. The lowest BCUT2D eigenvalue weighted by Gasteiger charge is -2.08. The van der Waals surface area contributed by atoms with Gasteiger partial charge in [-0.1, -0.05) is 23.7 Å². The predicted molar refractivity (Wildman–Crippen MR) is 76.5 cm³/mol. The van der Waals surface area contributed by atoms with Crippen molar-refractivity contribution in [2.75, 3.05) is 19.5 Å². The van der Waals surface area contributed by atoms with Gasteiger partial charge in [0.15, 0.2) is 0 Å². The van der Waals surface area contributed by atoms with Gasteiger partial charge in [-0.3, -0.25) is 0 Å². The standard InChI is InChI=1S/C14H15ClFN3O/c1-17-12-7-10(8-20-2)18-13(19-12)6-9-4-3-5-11(15)14(9)16/h3-5,7H,6,8H2,1-2H3,(H,17,18,19). The molecule has 0 spiro atoms. The van der Waals surface area contributed by atoms with Crippen molar-refractivity contribution in [3.05, 3.63) is 52.2 Å². The Kier molecular flexibility index (Phi) is 4.87. The Morgan fingerprint density at radius 3 is 2.85 bits per heavy atom. The van der Waals surface area contributed by atoms with Gasteiger partial charge in [0, 0.05) is 26.6 Å². The van der Waals surface area contributed by atoms with E-state index in [1.165, 1.54) is 6.07 Å². The third-order valence-electron chi connectivity index (χ3n) is 2.75. The van der Waals surface area contributed by atoms with Gasteiger partial charge in [-0.2, -0.15) is 0 Å². The Morgan fingerprint density at radius 2 is 2.15 bits per heavy atom. The number of benzene rings is 1. The first kappa shape index (κ1) is 14.7. The molecule has 0 amide bonds. The van der Waals surface area contributed by atoms with Gasteiger partial charge in [-0.05, 0) is 11.6 Å². The Morgan fingerprint density at radius 1 is 1.35 bits per heavy atom. The van der Waals surface area contributed by atoms with Crippen LogP contribution in [0.3, 0.4) is 0 Å². The third kappa shape index (κ3) is 3.43. The molecule has 0 atom stereocenters. The molecule has 2 rings (SSSR count). The zero-order valence-corrected chi connectivity index (χ0v) is 12.0. The second kappa shape index (κ2) is 6.63. The first-order chi connectivity index (χ1) is 9.63. The normalized spacial score (nSPS) is 10.6. The number of halogens is 2. The van der Waals surface area contributed by atoms with Gasteiger partial charge in [0.05, 0.1) is 17.3 Å². The second-order valence-corrected chi connectivity index (χ2v) is 4.64. The highest BCUT2D eigenvalue weighted by Crippen LogP contribution is 2.20.